The molecule has 1 fully saturated rings. The molecule has 6 nitrogen and oxygen atoms in total. The minimum Gasteiger partial charge on any atom is -0.367 e. The minimum atomic E-state index is -0.150. The number of hydrogen-bond donors (Lipinski definition) is 0. The second-order valence-corrected chi connectivity index (χ2v) is 6.97. The van der Waals surface area contributed by atoms with Crippen molar-refractivity contribution in [1.29, 1.82) is 0 Å². The zero-order valence-electron chi connectivity index (χ0n) is 11.9. The van der Waals surface area contributed by atoms with E-state index in [4.69, 9.17) is 4.74 Å². The molecule has 1 aliphatic heterocycles. The summed E-state index contributed by atoms with van der Waals surface area (Å²) >= 11 is 3.10. The highest BCUT2D eigenvalue weighted by molar-refractivity contribution is 7.20. The number of rotatable bonds is 2. The van der Waals surface area contributed by atoms with Gasteiger partial charge in [0.15, 0.2) is 0 Å². The molecule has 0 bridgehead atoms. The number of aromatic nitrogens is 3. The molecule has 3 aromatic rings. The molecule has 2 unspecified atom stereocenters. The maximum absolute atomic E-state index is 11.8. The molecule has 0 amide bonds. The maximum atomic E-state index is 11.8. The highest BCUT2D eigenvalue weighted by Gasteiger charge is 2.28. The van der Waals surface area contributed by atoms with Crippen LogP contribution in [0.15, 0.2) is 33.9 Å². The molecule has 4 rings (SSSR count). The number of anilines is 1. The first-order chi connectivity index (χ1) is 10.7. The Kier molecular flexibility index (Phi) is 3.44. The smallest absolute Gasteiger partial charge is 0.275 e. The van der Waals surface area contributed by atoms with Crippen LogP contribution in [0.3, 0.4) is 0 Å². The summed E-state index contributed by atoms with van der Waals surface area (Å²) < 4.78 is 7.40. The quantitative estimate of drug-likeness (QED) is 0.719. The monoisotopic (exact) mass is 334 g/mol. The predicted molar refractivity (Wildman–Crippen MR) is 87.0 cm³/mol. The topological polar surface area (TPSA) is 59.7 Å². The Balaban J connectivity index is 1.68. The lowest BCUT2D eigenvalue weighted by molar-refractivity contribution is -0.0172. The van der Waals surface area contributed by atoms with Crippen molar-refractivity contribution in [3.05, 3.63) is 45.0 Å². The first-order valence-electron chi connectivity index (χ1n) is 6.98. The fourth-order valence-corrected chi connectivity index (χ4v) is 4.21. The van der Waals surface area contributed by atoms with Gasteiger partial charge in [0.1, 0.15) is 6.10 Å². The van der Waals surface area contributed by atoms with Gasteiger partial charge in [0.05, 0.1) is 12.6 Å². The molecule has 0 aliphatic carbocycles. The Morgan fingerprint density at radius 1 is 1.36 bits per heavy atom. The minimum absolute atomic E-state index is 0.0340. The van der Waals surface area contributed by atoms with Gasteiger partial charge >= 0.3 is 0 Å². The van der Waals surface area contributed by atoms with Crippen molar-refractivity contribution >= 4 is 32.8 Å². The van der Waals surface area contributed by atoms with Crippen molar-refractivity contribution in [2.75, 3.05) is 18.0 Å². The molecule has 3 aromatic heterocycles. The number of hydrogen-bond acceptors (Lipinski definition) is 7. The maximum Gasteiger partial charge on any atom is 0.275 e. The van der Waals surface area contributed by atoms with E-state index >= 15 is 0 Å². The SMILES string of the molecule is CC1CN(c2nn3c(=O)ccnc3s2)CC(c2ccsc2)O1. The van der Waals surface area contributed by atoms with Gasteiger partial charge < -0.3 is 9.64 Å². The lowest BCUT2D eigenvalue weighted by Crippen LogP contribution is -2.42. The van der Waals surface area contributed by atoms with E-state index in [2.05, 4.69) is 38.7 Å². The highest BCUT2D eigenvalue weighted by atomic mass is 32.1. The van der Waals surface area contributed by atoms with Crippen molar-refractivity contribution in [2.45, 2.75) is 19.1 Å². The number of ether oxygens (including phenoxy) is 1. The molecular formula is C14H14N4O2S2. The van der Waals surface area contributed by atoms with Crippen LogP contribution in [-0.4, -0.2) is 33.8 Å². The van der Waals surface area contributed by atoms with Crippen molar-refractivity contribution in [2.24, 2.45) is 0 Å². The normalized spacial score (nSPS) is 22.3. The number of morpholine rings is 1. The molecule has 0 aromatic carbocycles. The molecule has 114 valence electrons. The number of thiophene rings is 1. The largest absolute Gasteiger partial charge is 0.367 e. The molecule has 1 saturated heterocycles. The molecule has 22 heavy (non-hydrogen) atoms. The third-order valence-corrected chi connectivity index (χ3v) is 5.29. The number of nitrogens with zero attached hydrogens (tertiary/aromatic N) is 4. The summed E-state index contributed by atoms with van der Waals surface area (Å²) in [5.74, 6) is 0. The standard InChI is InChI=1S/C14H14N4O2S2/c1-9-6-17(7-11(20-9)10-3-5-21-8-10)14-16-18-12(19)2-4-15-13(18)22-14/h2-5,8-9,11H,6-7H2,1H3. The van der Waals surface area contributed by atoms with Crippen molar-refractivity contribution in [3.8, 4) is 0 Å². The summed E-state index contributed by atoms with van der Waals surface area (Å²) in [7, 11) is 0. The zero-order chi connectivity index (χ0) is 15.1. The summed E-state index contributed by atoms with van der Waals surface area (Å²) in [4.78, 5) is 18.8. The van der Waals surface area contributed by atoms with Crippen LogP contribution in [0, 0.1) is 0 Å². The lowest BCUT2D eigenvalue weighted by atomic mass is 10.1. The van der Waals surface area contributed by atoms with E-state index in [0.717, 1.165) is 18.2 Å². The first kappa shape index (κ1) is 13.9. The number of fused-ring (bicyclic) bond motifs is 1. The van der Waals surface area contributed by atoms with E-state index in [0.29, 0.717) is 4.96 Å². The summed E-state index contributed by atoms with van der Waals surface area (Å²) in [6.07, 6.45) is 1.66. The van der Waals surface area contributed by atoms with E-state index in [1.54, 1.807) is 11.3 Å². The van der Waals surface area contributed by atoms with Gasteiger partial charge in [-0.2, -0.15) is 15.9 Å². The van der Waals surface area contributed by atoms with Crippen molar-refractivity contribution < 1.29 is 4.74 Å². The second-order valence-electron chi connectivity index (χ2n) is 5.26. The molecule has 0 saturated carbocycles. The van der Waals surface area contributed by atoms with Crippen LogP contribution in [0.5, 0.6) is 0 Å². The highest BCUT2D eigenvalue weighted by Crippen LogP contribution is 2.31. The molecule has 0 radical (unpaired) electrons. The lowest BCUT2D eigenvalue weighted by Gasteiger charge is -2.36. The second kappa shape index (κ2) is 5.45. The van der Waals surface area contributed by atoms with E-state index < -0.39 is 0 Å². The Morgan fingerprint density at radius 3 is 3.05 bits per heavy atom. The molecule has 2 atom stereocenters. The van der Waals surface area contributed by atoms with Gasteiger partial charge in [-0.25, -0.2) is 4.98 Å². The molecular weight excluding hydrogens is 320 g/mol. The summed E-state index contributed by atoms with van der Waals surface area (Å²) in [6, 6.07) is 3.52. The van der Waals surface area contributed by atoms with E-state index in [1.807, 2.05) is 0 Å². The van der Waals surface area contributed by atoms with Gasteiger partial charge in [-0.15, -0.1) is 5.10 Å². The Morgan fingerprint density at radius 2 is 2.27 bits per heavy atom. The fourth-order valence-electron chi connectivity index (χ4n) is 2.61. The van der Waals surface area contributed by atoms with E-state index in [1.165, 1.54) is 33.7 Å². The van der Waals surface area contributed by atoms with Gasteiger partial charge in [-0.1, -0.05) is 11.3 Å². The average Bonchev–Trinajstić information content (AvgIpc) is 3.17. The van der Waals surface area contributed by atoms with Crippen LogP contribution in [0.25, 0.3) is 4.96 Å². The van der Waals surface area contributed by atoms with Crippen LogP contribution in [0.1, 0.15) is 18.6 Å². The van der Waals surface area contributed by atoms with Crippen LogP contribution in [0.2, 0.25) is 0 Å². The summed E-state index contributed by atoms with van der Waals surface area (Å²) in [6.45, 7) is 3.55. The zero-order valence-corrected chi connectivity index (χ0v) is 13.5. The fraction of sp³-hybridized carbons (Fsp3) is 0.357. The Labute approximate surface area is 134 Å². The van der Waals surface area contributed by atoms with Crippen LogP contribution in [-0.2, 0) is 4.74 Å². The Bertz CT molecular complexity index is 842. The summed E-state index contributed by atoms with van der Waals surface area (Å²) in [5.41, 5.74) is 1.04. The average molecular weight is 334 g/mol. The third-order valence-electron chi connectivity index (χ3n) is 3.61. The van der Waals surface area contributed by atoms with E-state index in [9.17, 15) is 4.79 Å². The predicted octanol–water partition coefficient (Wildman–Crippen LogP) is 2.18. The van der Waals surface area contributed by atoms with Gasteiger partial charge in [-0.3, -0.25) is 4.79 Å². The van der Waals surface area contributed by atoms with Crippen LogP contribution < -0.4 is 10.5 Å². The van der Waals surface area contributed by atoms with Gasteiger partial charge in [0.25, 0.3) is 5.56 Å². The molecule has 8 heteroatoms. The molecule has 4 heterocycles. The molecule has 1 aliphatic rings. The molecule has 0 spiro atoms. The molecule has 0 N–H and O–H groups in total. The van der Waals surface area contributed by atoms with Gasteiger partial charge in [0, 0.05) is 18.8 Å². The van der Waals surface area contributed by atoms with Crippen molar-refractivity contribution in [3.63, 3.8) is 0 Å². The van der Waals surface area contributed by atoms with Crippen molar-refractivity contribution in [1.82, 2.24) is 14.6 Å². The first-order valence-corrected chi connectivity index (χ1v) is 8.74. The summed E-state index contributed by atoms with van der Waals surface area (Å²) in [5, 5.41) is 9.41. The van der Waals surface area contributed by atoms with Crippen LogP contribution >= 0.6 is 22.7 Å². The van der Waals surface area contributed by atoms with Gasteiger partial charge in [0.2, 0.25) is 10.1 Å². The van der Waals surface area contributed by atoms with Crippen LogP contribution in [0.4, 0.5) is 5.13 Å². The van der Waals surface area contributed by atoms with E-state index in [-0.39, 0.29) is 17.8 Å². The van der Waals surface area contributed by atoms with Gasteiger partial charge in [-0.05, 0) is 29.3 Å². The Hall–Kier alpha value is -1.77. The third kappa shape index (κ3) is 2.43.